The first kappa shape index (κ1) is 14.5. The molecule has 0 spiro atoms. The Labute approximate surface area is 123 Å². The Bertz CT molecular complexity index is 642. The van der Waals surface area contributed by atoms with Crippen LogP contribution in [0, 0.1) is 0 Å². The Kier molecular flexibility index (Phi) is 4.70. The highest BCUT2D eigenvalue weighted by atomic mass is 32.2. The maximum atomic E-state index is 11.8. The molecule has 2 rings (SSSR count). The fraction of sp³-hybridized carbons (Fsp3) is 0.167. The second-order valence-electron chi connectivity index (χ2n) is 3.84. The van der Waals surface area contributed by atoms with Gasteiger partial charge in [0.15, 0.2) is 10.1 Å². The Balaban J connectivity index is 1.96. The van der Waals surface area contributed by atoms with Gasteiger partial charge < -0.3 is 11.1 Å². The molecule has 0 atom stereocenters. The monoisotopic (exact) mass is 308 g/mol. The number of hydrogen-bond donors (Lipinski definition) is 2. The lowest BCUT2D eigenvalue weighted by Gasteiger charge is -2.08. The van der Waals surface area contributed by atoms with E-state index in [4.69, 9.17) is 5.73 Å². The third-order valence-electron chi connectivity index (χ3n) is 2.33. The van der Waals surface area contributed by atoms with Crippen LogP contribution in [0.2, 0.25) is 0 Å². The number of carbonyl (C=O) groups is 2. The summed E-state index contributed by atoms with van der Waals surface area (Å²) in [5.41, 5.74) is 6.46. The third-order valence-corrected chi connectivity index (χ3v) is 4.22. The first-order chi connectivity index (χ1) is 9.56. The number of anilines is 2. The molecule has 104 valence electrons. The van der Waals surface area contributed by atoms with Crippen LogP contribution in [0.15, 0.2) is 28.6 Å². The summed E-state index contributed by atoms with van der Waals surface area (Å²) < 4.78 is 0.637. The van der Waals surface area contributed by atoms with E-state index in [1.54, 1.807) is 24.3 Å². The zero-order chi connectivity index (χ0) is 14.5. The lowest BCUT2D eigenvalue weighted by Crippen LogP contribution is -2.16. The zero-order valence-corrected chi connectivity index (χ0v) is 12.3. The SMILES string of the molecule is CC(=O)c1ccccc1NC(=O)CSc1nnc(N)s1. The van der Waals surface area contributed by atoms with Crippen molar-refractivity contribution in [2.24, 2.45) is 0 Å². The maximum Gasteiger partial charge on any atom is 0.234 e. The number of aromatic nitrogens is 2. The number of nitrogens with two attached hydrogens (primary N) is 1. The van der Waals surface area contributed by atoms with Crippen LogP contribution in [0.4, 0.5) is 10.8 Å². The maximum absolute atomic E-state index is 11.8. The number of benzene rings is 1. The number of Topliss-reactive ketones (excluding diaryl/α,β-unsaturated/α-hetero) is 1. The number of nitrogens with zero attached hydrogens (tertiary/aromatic N) is 2. The van der Waals surface area contributed by atoms with Crippen molar-refractivity contribution in [2.45, 2.75) is 11.3 Å². The molecule has 3 N–H and O–H groups in total. The van der Waals surface area contributed by atoms with Crippen molar-refractivity contribution >= 4 is 45.6 Å². The fourth-order valence-electron chi connectivity index (χ4n) is 1.49. The summed E-state index contributed by atoms with van der Waals surface area (Å²) in [4.78, 5) is 23.3. The summed E-state index contributed by atoms with van der Waals surface area (Å²) in [7, 11) is 0. The molecule has 0 radical (unpaired) electrons. The smallest absolute Gasteiger partial charge is 0.234 e. The lowest BCUT2D eigenvalue weighted by atomic mass is 10.1. The van der Waals surface area contributed by atoms with E-state index >= 15 is 0 Å². The molecule has 6 nitrogen and oxygen atoms in total. The number of thioether (sulfide) groups is 1. The van der Waals surface area contributed by atoms with Gasteiger partial charge in [0.2, 0.25) is 11.0 Å². The van der Waals surface area contributed by atoms with Crippen molar-refractivity contribution in [1.82, 2.24) is 10.2 Å². The number of nitrogens with one attached hydrogen (secondary N) is 1. The Morgan fingerprint density at radius 3 is 2.75 bits per heavy atom. The number of rotatable bonds is 5. The largest absolute Gasteiger partial charge is 0.374 e. The number of amides is 1. The number of nitrogen functional groups attached to an aromatic ring is 1. The van der Waals surface area contributed by atoms with E-state index in [0.29, 0.717) is 20.7 Å². The van der Waals surface area contributed by atoms with E-state index in [1.807, 2.05) is 0 Å². The first-order valence-electron chi connectivity index (χ1n) is 5.68. The average molecular weight is 308 g/mol. The molecule has 20 heavy (non-hydrogen) atoms. The number of carbonyl (C=O) groups excluding carboxylic acids is 2. The lowest BCUT2D eigenvalue weighted by molar-refractivity contribution is -0.113. The van der Waals surface area contributed by atoms with Crippen LogP contribution >= 0.6 is 23.1 Å². The highest BCUT2D eigenvalue weighted by molar-refractivity contribution is 8.01. The highest BCUT2D eigenvalue weighted by Gasteiger charge is 2.11. The molecular weight excluding hydrogens is 296 g/mol. The highest BCUT2D eigenvalue weighted by Crippen LogP contribution is 2.24. The molecule has 1 aromatic carbocycles. The summed E-state index contributed by atoms with van der Waals surface area (Å²) >= 11 is 2.48. The molecule has 0 unspecified atom stereocenters. The van der Waals surface area contributed by atoms with Crippen LogP contribution in [0.5, 0.6) is 0 Å². The van der Waals surface area contributed by atoms with Crippen molar-refractivity contribution in [1.29, 1.82) is 0 Å². The van der Waals surface area contributed by atoms with E-state index in [0.717, 1.165) is 0 Å². The summed E-state index contributed by atoms with van der Waals surface area (Å²) in [5.74, 6) is -0.121. The van der Waals surface area contributed by atoms with E-state index in [9.17, 15) is 9.59 Å². The van der Waals surface area contributed by atoms with Gasteiger partial charge in [-0.15, -0.1) is 10.2 Å². The van der Waals surface area contributed by atoms with Gasteiger partial charge in [0.1, 0.15) is 0 Å². The molecule has 0 aliphatic rings. The van der Waals surface area contributed by atoms with Gasteiger partial charge in [-0.25, -0.2) is 0 Å². The standard InChI is InChI=1S/C12H12N4O2S2/c1-7(17)8-4-2-3-5-9(8)14-10(18)6-19-12-16-15-11(13)20-12/h2-5H,6H2,1H3,(H2,13,15)(H,14,18). The van der Waals surface area contributed by atoms with Gasteiger partial charge in [-0.2, -0.15) is 0 Å². The Morgan fingerprint density at radius 2 is 2.10 bits per heavy atom. The number of hydrogen-bond acceptors (Lipinski definition) is 7. The Morgan fingerprint density at radius 1 is 1.35 bits per heavy atom. The van der Waals surface area contributed by atoms with E-state index < -0.39 is 0 Å². The summed E-state index contributed by atoms with van der Waals surface area (Å²) in [6.45, 7) is 1.46. The minimum atomic E-state index is -0.211. The first-order valence-corrected chi connectivity index (χ1v) is 7.48. The number of para-hydroxylation sites is 1. The van der Waals surface area contributed by atoms with Gasteiger partial charge >= 0.3 is 0 Å². The van der Waals surface area contributed by atoms with Gasteiger partial charge in [0.25, 0.3) is 0 Å². The van der Waals surface area contributed by atoms with E-state index in [1.165, 1.54) is 30.0 Å². The van der Waals surface area contributed by atoms with Crippen molar-refractivity contribution in [3.05, 3.63) is 29.8 Å². The minimum Gasteiger partial charge on any atom is -0.374 e. The second kappa shape index (κ2) is 6.49. The second-order valence-corrected chi connectivity index (χ2v) is 6.08. The molecule has 0 bridgehead atoms. The predicted molar refractivity (Wildman–Crippen MR) is 80.1 cm³/mol. The molecular formula is C12H12N4O2S2. The summed E-state index contributed by atoms with van der Waals surface area (Å²) in [5, 5.41) is 10.6. The Hall–Kier alpha value is -1.93. The summed E-state index contributed by atoms with van der Waals surface area (Å²) in [6.07, 6.45) is 0. The molecule has 0 aliphatic carbocycles. The van der Waals surface area contributed by atoms with Gasteiger partial charge in [0, 0.05) is 5.56 Å². The number of ketones is 1. The fourth-order valence-corrected chi connectivity index (χ4v) is 2.93. The van der Waals surface area contributed by atoms with Crippen LogP contribution in [-0.4, -0.2) is 27.6 Å². The van der Waals surface area contributed by atoms with Crippen molar-refractivity contribution in [3.63, 3.8) is 0 Å². The summed E-state index contributed by atoms with van der Waals surface area (Å²) in [6, 6.07) is 6.89. The van der Waals surface area contributed by atoms with Gasteiger partial charge in [0.05, 0.1) is 11.4 Å². The molecule has 0 fully saturated rings. The molecule has 1 heterocycles. The van der Waals surface area contributed by atoms with E-state index in [-0.39, 0.29) is 17.4 Å². The predicted octanol–water partition coefficient (Wildman–Crippen LogP) is 2.05. The zero-order valence-electron chi connectivity index (χ0n) is 10.6. The van der Waals surface area contributed by atoms with Crippen molar-refractivity contribution < 1.29 is 9.59 Å². The van der Waals surface area contributed by atoms with Crippen LogP contribution in [0.3, 0.4) is 0 Å². The molecule has 2 aromatic rings. The topological polar surface area (TPSA) is 98.0 Å². The van der Waals surface area contributed by atoms with Crippen molar-refractivity contribution in [3.8, 4) is 0 Å². The molecule has 0 saturated carbocycles. The van der Waals surface area contributed by atoms with E-state index in [2.05, 4.69) is 15.5 Å². The molecule has 8 heteroatoms. The minimum absolute atomic E-state index is 0.0922. The molecule has 0 saturated heterocycles. The van der Waals surface area contributed by atoms with Crippen LogP contribution < -0.4 is 11.1 Å². The average Bonchev–Trinajstić information content (AvgIpc) is 2.83. The van der Waals surface area contributed by atoms with Crippen LogP contribution in [0.25, 0.3) is 0 Å². The quantitative estimate of drug-likeness (QED) is 0.648. The van der Waals surface area contributed by atoms with Gasteiger partial charge in [-0.1, -0.05) is 35.2 Å². The third kappa shape index (κ3) is 3.78. The van der Waals surface area contributed by atoms with Crippen LogP contribution in [0.1, 0.15) is 17.3 Å². The van der Waals surface area contributed by atoms with Crippen molar-refractivity contribution in [2.75, 3.05) is 16.8 Å². The van der Waals surface area contributed by atoms with Crippen LogP contribution in [-0.2, 0) is 4.79 Å². The molecule has 1 aromatic heterocycles. The van der Waals surface area contributed by atoms with Gasteiger partial charge in [-0.3, -0.25) is 9.59 Å². The molecule has 0 aliphatic heterocycles. The van der Waals surface area contributed by atoms with Gasteiger partial charge in [-0.05, 0) is 19.1 Å². The molecule has 1 amide bonds. The normalized spacial score (nSPS) is 10.2.